The molecule has 2 aromatic rings. The zero-order valence-electron chi connectivity index (χ0n) is 18.0. The maximum atomic E-state index is 13.1. The van der Waals surface area contributed by atoms with Crippen LogP contribution in [0.25, 0.3) is 0 Å². The molecular weight excluding hydrogens is 390 g/mol. The summed E-state index contributed by atoms with van der Waals surface area (Å²) in [5.74, 6) is 0.190. The highest BCUT2D eigenvalue weighted by molar-refractivity contribution is 5.92. The molecule has 3 aliphatic rings. The summed E-state index contributed by atoms with van der Waals surface area (Å²) in [5.41, 5.74) is 2.08. The van der Waals surface area contributed by atoms with Gasteiger partial charge in [0.1, 0.15) is 5.69 Å². The van der Waals surface area contributed by atoms with E-state index in [1.807, 2.05) is 36.2 Å². The first-order valence-electron chi connectivity index (χ1n) is 11.1. The molecule has 162 valence electrons. The summed E-state index contributed by atoms with van der Waals surface area (Å²) in [6, 6.07) is 9.63. The molecule has 3 aliphatic heterocycles. The van der Waals surface area contributed by atoms with E-state index in [4.69, 9.17) is 0 Å². The van der Waals surface area contributed by atoms with Crippen LogP contribution in [-0.4, -0.2) is 64.3 Å². The Morgan fingerprint density at radius 3 is 2.65 bits per heavy atom. The van der Waals surface area contributed by atoms with Gasteiger partial charge in [-0.15, -0.1) is 0 Å². The van der Waals surface area contributed by atoms with E-state index in [1.165, 1.54) is 5.56 Å². The molecule has 1 atom stereocenters. The number of amides is 2. The van der Waals surface area contributed by atoms with Gasteiger partial charge in [0.25, 0.3) is 5.91 Å². The molecule has 0 radical (unpaired) electrons. The number of nitrogens with one attached hydrogen (secondary N) is 1. The molecular formula is C24H29N5O2. The van der Waals surface area contributed by atoms with Gasteiger partial charge in [-0.3, -0.25) is 19.5 Å². The molecule has 2 spiro atoms. The third-order valence-corrected chi connectivity index (χ3v) is 7.55. The van der Waals surface area contributed by atoms with Gasteiger partial charge in [-0.05, 0) is 49.9 Å². The normalized spacial score (nSPS) is 25.3. The van der Waals surface area contributed by atoms with Crippen LogP contribution >= 0.6 is 0 Å². The number of carbonyl (C=O) groups is 2. The van der Waals surface area contributed by atoms with Crippen LogP contribution in [0.5, 0.6) is 0 Å². The summed E-state index contributed by atoms with van der Waals surface area (Å²) in [6.45, 7) is 6.47. The standard InChI is InChI=1S/C24H29N5O2/c1-18-4-2-6-20(27-18)21(30)29-12-8-23(9-13-29)16-28(15-19-5-3-10-25-14-19)17-24(23)7-11-26-22(24)31/h2-6,10,14H,7-9,11-13,15-17H2,1H3,(H,26,31)/t24-/m1/s1. The summed E-state index contributed by atoms with van der Waals surface area (Å²) in [7, 11) is 0. The third kappa shape index (κ3) is 3.41. The molecule has 3 fully saturated rings. The number of carbonyl (C=O) groups excluding carboxylic acids is 2. The Hall–Kier alpha value is -2.80. The number of aromatic nitrogens is 2. The largest absolute Gasteiger partial charge is 0.356 e. The number of likely N-dealkylation sites (tertiary alicyclic amines) is 2. The molecule has 0 bridgehead atoms. The van der Waals surface area contributed by atoms with Crippen molar-refractivity contribution in [2.45, 2.75) is 32.7 Å². The monoisotopic (exact) mass is 419 g/mol. The fourth-order valence-corrected chi connectivity index (χ4v) is 5.97. The predicted octanol–water partition coefficient (Wildman–Crippen LogP) is 2.03. The first kappa shape index (κ1) is 20.1. The van der Waals surface area contributed by atoms with Gasteiger partial charge in [0.15, 0.2) is 0 Å². The molecule has 5 heterocycles. The SMILES string of the molecule is Cc1cccc(C(=O)N2CCC3(CC2)CN(Cc2cccnc2)C[C@@]32CCNC2=O)n1. The fraction of sp³-hybridized carbons (Fsp3) is 0.500. The van der Waals surface area contributed by atoms with Crippen LogP contribution < -0.4 is 5.32 Å². The second-order valence-corrected chi connectivity index (χ2v) is 9.33. The molecule has 7 heteroatoms. The van der Waals surface area contributed by atoms with Gasteiger partial charge in [-0.1, -0.05) is 12.1 Å². The Kier molecular flexibility index (Phi) is 5.01. The Morgan fingerprint density at radius 2 is 1.97 bits per heavy atom. The highest BCUT2D eigenvalue weighted by Gasteiger charge is 2.63. The number of fused-ring (bicyclic) bond motifs is 1. The van der Waals surface area contributed by atoms with Crippen LogP contribution in [0.1, 0.15) is 41.0 Å². The molecule has 1 N–H and O–H groups in total. The Balaban J connectivity index is 1.35. The van der Waals surface area contributed by atoms with E-state index in [0.29, 0.717) is 18.8 Å². The number of piperidine rings is 1. The molecule has 0 aromatic carbocycles. The van der Waals surface area contributed by atoms with E-state index in [1.54, 1.807) is 12.3 Å². The topological polar surface area (TPSA) is 78.4 Å². The van der Waals surface area contributed by atoms with Crippen molar-refractivity contribution in [1.82, 2.24) is 25.1 Å². The van der Waals surface area contributed by atoms with E-state index in [-0.39, 0.29) is 22.6 Å². The van der Waals surface area contributed by atoms with Gasteiger partial charge in [-0.25, -0.2) is 4.98 Å². The van der Waals surface area contributed by atoms with E-state index in [9.17, 15) is 9.59 Å². The molecule has 5 rings (SSSR count). The second kappa shape index (κ2) is 7.71. The lowest BCUT2D eigenvalue weighted by Gasteiger charge is -2.46. The maximum absolute atomic E-state index is 13.1. The maximum Gasteiger partial charge on any atom is 0.272 e. The number of hydrogen-bond acceptors (Lipinski definition) is 5. The van der Waals surface area contributed by atoms with Gasteiger partial charge in [-0.2, -0.15) is 0 Å². The number of hydrogen-bond donors (Lipinski definition) is 1. The van der Waals surface area contributed by atoms with Gasteiger partial charge < -0.3 is 10.2 Å². The predicted molar refractivity (Wildman–Crippen MR) is 116 cm³/mol. The second-order valence-electron chi connectivity index (χ2n) is 9.33. The van der Waals surface area contributed by atoms with Gasteiger partial charge in [0.05, 0.1) is 5.41 Å². The van der Waals surface area contributed by atoms with Gasteiger partial charge >= 0.3 is 0 Å². The average molecular weight is 420 g/mol. The van der Waals surface area contributed by atoms with Crippen LogP contribution in [0.4, 0.5) is 0 Å². The van der Waals surface area contributed by atoms with Crippen molar-refractivity contribution in [1.29, 1.82) is 0 Å². The minimum absolute atomic E-state index is 0.00585. The van der Waals surface area contributed by atoms with Crippen molar-refractivity contribution in [3.63, 3.8) is 0 Å². The summed E-state index contributed by atoms with van der Waals surface area (Å²) < 4.78 is 0. The van der Waals surface area contributed by atoms with Crippen molar-refractivity contribution < 1.29 is 9.59 Å². The van der Waals surface area contributed by atoms with Crippen molar-refractivity contribution >= 4 is 11.8 Å². The quantitative estimate of drug-likeness (QED) is 0.824. The van der Waals surface area contributed by atoms with E-state index in [2.05, 4.69) is 26.3 Å². The van der Waals surface area contributed by atoms with Crippen LogP contribution in [-0.2, 0) is 11.3 Å². The number of pyridine rings is 2. The number of nitrogens with zero attached hydrogens (tertiary/aromatic N) is 4. The van der Waals surface area contributed by atoms with E-state index in [0.717, 1.165) is 51.1 Å². The molecule has 0 unspecified atom stereocenters. The molecule has 31 heavy (non-hydrogen) atoms. The van der Waals surface area contributed by atoms with E-state index < -0.39 is 0 Å². The minimum Gasteiger partial charge on any atom is -0.356 e. The van der Waals surface area contributed by atoms with Crippen molar-refractivity contribution in [2.24, 2.45) is 10.8 Å². The number of aryl methyl sites for hydroxylation is 1. The molecule has 0 aliphatic carbocycles. The Bertz CT molecular complexity index is 986. The molecule has 0 saturated carbocycles. The van der Waals surface area contributed by atoms with Crippen LogP contribution in [0.15, 0.2) is 42.7 Å². The molecule has 2 amide bonds. The highest BCUT2D eigenvalue weighted by atomic mass is 16.2. The van der Waals surface area contributed by atoms with E-state index >= 15 is 0 Å². The van der Waals surface area contributed by atoms with Crippen LogP contribution in [0, 0.1) is 17.8 Å². The molecule has 3 saturated heterocycles. The average Bonchev–Trinajstić information content (AvgIpc) is 3.29. The zero-order valence-corrected chi connectivity index (χ0v) is 18.0. The lowest BCUT2D eigenvalue weighted by atomic mass is 9.60. The molecule has 7 nitrogen and oxygen atoms in total. The lowest BCUT2D eigenvalue weighted by Crippen LogP contribution is -2.53. The van der Waals surface area contributed by atoms with Gasteiger partial charge in [0.2, 0.25) is 5.91 Å². The third-order valence-electron chi connectivity index (χ3n) is 7.55. The van der Waals surface area contributed by atoms with Crippen LogP contribution in [0.2, 0.25) is 0 Å². The van der Waals surface area contributed by atoms with Crippen molar-refractivity contribution in [3.05, 3.63) is 59.7 Å². The lowest BCUT2D eigenvalue weighted by molar-refractivity contribution is -0.133. The first-order chi connectivity index (χ1) is 15.0. The van der Waals surface area contributed by atoms with Crippen LogP contribution in [0.3, 0.4) is 0 Å². The Labute approximate surface area is 182 Å². The van der Waals surface area contributed by atoms with Crippen molar-refractivity contribution in [3.8, 4) is 0 Å². The van der Waals surface area contributed by atoms with Gasteiger partial charge in [0, 0.05) is 62.8 Å². The molecule has 2 aromatic heterocycles. The highest BCUT2D eigenvalue weighted by Crippen LogP contribution is 2.56. The summed E-state index contributed by atoms with van der Waals surface area (Å²) in [6.07, 6.45) is 6.27. The summed E-state index contributed by atoms with van der Waals surface area (Å²) in [4.78, 5) is 39.1. The minimum atomic E-state index is -0.355. The fourth-order valence-electron chi connectivity index (χ4n) is 5.97. The zero-order chi connectivity index (χ0) is 21.5. The van der Waals surface area contributed by atoms with Crippen molar-refractivity contribution in [2.75, 3.05) is 32.7 Å². The smallest absolute Gasteiger partial charge is 0.272 e. The first-order valence-corrected chi connectivity index (χ1v) is 11.1. The summed E-state index contributed by atoms with van der Waals surface area (Å²) >= 11 is 0. The number of rotatable bonds is 3. The summed E-state index contributed by atoms with van der Waals surface area (Å²) in [5, 5.41) is 3.11. The Morgan fingerprint density at radius 1 is 1.13 bits per heavy atom.